The van der Waals surface area contributed by atoms with Crippen molar-refractivity contribution in [2.75, 3.05) is 5.32 Å². The van der Waals surface area contributed by atoms with Crippen molar-refractivity contribution >= 4 is 22.4 Å². The van der Waals surface area contributed by atoms with E-state index in [0.29, 0.717) is 10.7 Å². The van der Waals surface area contributed by atoms with Gasteiger partial charge in [-0.3, -0.25) is 10.1 Å². The molecule has 1 heterocycles. The van der Waals surface area contributed by atoms with Crippen LogP contribution in [0.15, 0.2) is 35.8 Å². The highest BCUT2D eigenvalue weighted by Crippen LogP contribution is 2.12. The van der Waals surface area contributed by atoms with Crippen molar-refractivity contribution in [3.63, 3.8) is 0 Å². The van der Waals surface area contributed by atoms with Gasteiger partial charge in [0.25, 0.3) is 5.91 Å². The number of carbonyl (C=O) groups excluding carboxylic acids is 1. The van der Waals surface area contributed by atoms with Crippen LogP contribution in [0.2, 0.25) is 0 Å². The van der Waals surface area contributed by atoms with E-state index in [4.69, 9.17) is 0 Å². The van der Waals surface area contributed by atoms with Crippen molar-refractivity contribution < 1.29 is 9.18 Å². The minimum Gasteiger partial charge on any atom is -0.298 e. The number of rotatable bonds is 2. The second kappa shape index (κ2) is 4.18. The van der Waals surface area contributed by atoms with Crippen LogP contribution in [0, 0.1) is 5.82 Å². The van der Waals surface area contributed by atoms with Gasteiger partial charge in [0.05, 0.1) is 0 Å². The molecule has 0 saturated heterocycles. The van der Waals surface area contributed by atoms with Gasteiger partial charge >= 0.3 is 0 Å². The van der Waals surface area contributed by atoms with Crippen molar-refractivity contribution in [3.8, 4) is 0 Å². The van der Waals surface area contributed by atoms with Crippen molar-refractivity contribution in [2.45, 2.75) is 0 Å². The molecule has 0 radical (unpaired) electrons. The average molecular weight is 222 g/mol. The van der Waals surface area contributed by atoms with E-state index in [1.165, 1.54) is 35.6 Å². The van der Waals surface area contributed by atoms with Crippen LogP contribution in [0.3, 0.4) is 0 Å². The van der Waals surface area contributed by atoms with Crippen LogP contribution >= 0.6 is 11.3 Å². The van der Waals surface area contributed by atoms with Crippen LogP contribution in [-0.2, 0) is 0 Å². The Morgan fingerprint density at radius 3 is 2.67 bits per heavy atom. The van der Waals surface area contributed by atoms with E-state index < -0.39 is 0 Å². The molecule has 1 aromatic heterocycles. The lowest BCUT2D eigenvalue weighted by molar-refractivity contribution is 0.102. The standard InChI is InChI=1S/C10H7FN2OS/c11-8-3-1-7(2-4-8)9(14)13-10-12-5-6-15-10/h1-6H,(H,12,13,14). The molecular weight excluding hydrogens is 215 g/mol. The molecule has 2 rings (SSSR count). The second-order valence-electron chi connectivity index (χ2n) is 2.80. The van der Waals surface area contributed by atoms with E-state index in [1.807, 2.05) is 0 Å². The molecule has 0 aliphatic rings. The summed E-state index contributed by atoms with van der Waals surface area (Å²) in [6.07, 6.45) is 1.60. The van der Waals surface area contributed by atoms with Gasteiger partial charge in [-0.1, -0.05) is 0 Å². The Morgan fingerprint density at radius 2 is 2.07 bits per heavy atom. The molecule has 1 aromatic carbocycles. The smallest absolute Gasteiger partial charge is 0.257 e. The molecule has 1 N–H and O–H groups in total. The second-order valence-corrected chi connectivity index (χ2v) is 3.69. The summed E-state index contributed by atoms with van der Waals surface area (Å²) in [5.41, 5.74) is 0.409. The molecule has 0 spiro atoms. The van der Waals surface area contributed by atoms with Crippen LogP contribution < -0.4 is 5.32 Å². The van der Waals surface area contributed by atoms with Crippen LogP contribution in [0.5, 0.6) is 0 Å². The third-order valence-corrected chi connectivity index (χ3v) is 2.45. The highest BCUT2D eigenvalue weighted by atomic mass is 32.1. The molecule has 2 aromatic rings. The first kappa shape index (κ1) is 9.79. The van der Waals surface area contributed by atoms with Gasteiger partial charge in [0, 0.05) is 17.1 Å². The number of amides is 1. The molecule has 0 unspecified atom stereocenters. The van der Waals surface area contributed by atoms with Gasteiger partial charge in [0.15, 0.2) is 5.13 Å². The van der Waals surface area contributed by atoms with Gasteiger partial charge in [0.2, 0.25) is 0 Å². The summed E-state index contributed by atoms with van der Waals surface area (Å²) < 4.78 is 12.6. The summed E-state index contributed by atoms with van der Waals surface area (Å²) in [7, 11) is 0. The lowest BCUT2D eigenvalue weighted by Crippen LogP contribution is -2.11. The number of halogens is 1. The van der Waals surface area contributed by atoms with E-state index in [0.717, 1.165) is 0 Å². The van der Waals surface area contributed by atoms with Gasteiger partial charge in [0.1, 0.15) is 5.82 Å². The van der Waals surface area contributed by atoms with Gasteiger partial charge in [-0.15, -0.1) is 11.3 Å². The van der Waals surface area contributed by atoms with Crippen molar-refractivity contribution in [1.82, 2.24) is 4.98 Å². The number of hydrogen-bond donors (Lipinski definition) is 1. The zero-order valence-corrected chi connectivity index (χ0v) is 8.42. The Kier molecular flexibility index (Phi) is 2.73. The first-order valence-electron chi connectivity index (χ1n) is 4.22. The Hall–Kier alpha value is -1.75. The normalized spacial score (nSPS) is 9.93. The molecule has 0 aliphatic carbocycles. The summed E-state index contributed by atoms with van der Waals surface area (Å²) in [6, 6.07) is 5.35. The molecule has 15 heavy (non-hydrogen) atoms. The molecule has 0 atom stereocenters. The van der Waals surface area contributed by atoms with Crippen LogP contribution in [-0.4, -0.2) is 10.9 Å². The number of anilines is 1. The molecule has 1 amide bonds. The zero-order valence-electron chi connectivity index (χ0n) is 7.61. The number of hydrogen-bond acceptors (Lipinski definition) is 3. The fourth-order valence-corrected chi connectivity index (χ4v) is 1.58. The Labute approximate surface area is 89.6 Å². The van der Waals surface area contributed by atoms with Gasteiger partial charge in [-0.25, -0.2) is 9.37 Å². The van der Waals surface area contributed by atoms with Gasteiger partial charge in [-0.2, -0.15) is 0 Å². The topological polar surface area (TPSA) is 42.0 Å². The maximum Gasteiger partial charge on any atom is 0.257 e. The summed E-state index contributed by atoms with van der Waals surface area (Å²) in [6.45, 7) is 0. The summed E-state index contributed by atoms with van der Waals surface area (Å²) in [5, 5.41) is 4.90. The predicted octanol–water partition coefficient (Wildman–Crippen LogP) is 2.53. The SMILES string of the molecule is O=C(Nc1nccs1)c1ccc(F)cc1. The Balaban J connectivity index is 2.11. The van der Waals surface area contributed by atoms with E-state index in [1.54, 1.807) is 11.6 Å². The summed E-state index contributed by atoms with van der Waals surface area (Å²) in [5.74, 6) is -0.647. The van der Waals surface area contributed by atoms with Crippen molar-refractivity contribution in [1.29, 1.82) is 0 Å². The van der Waals surface area contributed by atoms with Gasteiger partial charge < -0.3 is 0 Å². The van der Waals surface area contributed by atoms with E-state index in [9.17, 15) is 9.18 Å². The Morgan fingerprint density at radius 1 is 1.33 bits per heavy atom. The fraction of sp³-hybridized carbons (Fsp3) is 0. The molecule has 0 bridgehead atoms. The first-order chi connectivity index (χ1) is 7.25. The van der Waals surface area contributed by atoms with Gasteiger partial charge in [-0.05, 0) is 24.3 Å². The predicted molar refractivity (Wildman–Crippen MR) is 56.5 cm³/mol. The molecular formula is C10H7FN2OS. The molecule has 0 aliphatic heterocycles. The van der Waals surface area contributed by atoms with E-state index in [-0.39, 0.29) is 11.7 Å². The number of benzene rings is 1. The Bertz CT molecular complexity index is 453. The highest BCUT2D eigenvalue weighted by Gasteiger charge is 2.06. The fourth-order valence-electron chi connectivity index (χ4n) is 1.06. The third kappa shape index (κ3) is 2.38. The van der Waals surface area contributed by atoms with Crippen molar-refractivity contribution in [2.24, 2.45) is 0 Å². The lowest BCUT2D eigenvalue weighted by Gasteiger charge is -2.00. The summed E-state index contributed by atoms with van der Waals surface area (Å²) in [4.78, 5) is 15.5. The summed E-state index contributed by atoms with van der Waals surface area (Å²) >= 11 is 1.33. The van der Waals surface area contributed by atoms with Crippen LogP contribution in [0.4, 0.5) is 9.52 Å². The lowest BCUT2D eigenvalue weighted by atomic mass is 10.2. The maximum atomic E-state index is 12.6. The quantitative estimate of drug-likeness (QED) is 0.848. The van der Waals surface area contributed by atoms with Crippen LogP contribution in [0.25, 0.3) is 0 Å². The minimum atomic E-state index is -0.360. The van der Waals surface area contributed by atoms with Crippen LogP contribution in [0.1, 0.15) is 10.4 Å². The largest absolute Gasteiger partial charge is 0.298 e. The number of nitrogens with zero attached hydrogens (tertiary/aromatic N) is 1. The third-order valence-electron chi connectivity index (χ3n) is 1.76. The average Bonchev–Trinajstić information content (AvgIpc) is 2.71. The number of nitrogens with one attached hydrogen (secondary N) is 1. The monoisotopic (exact) mass is 222 g/mol. The first-order valence-corrected chi connectivity index (χ1v) is 5.10. The molecule has 5 heteroatoms. The number of carbonyl (C=O) groups is 1. The van der Waals surface area contributed by atoms with E-state index in [2.05, 4.69) is 10.3 Å². The minimum absolute atomic E-state index is 0.287. The van der Waals surface area contributed by atoms with E-state index >= 15 is 0 Å². The molecule has 3 nitrogen and oxygen atoms in total. The molecule has 0 saturated carbocycles. The number of aromatic nitrogens is 1. The number of thiazole rings is 1. The zero-order chi connectivity index (χ0) is 10.7. The maximum absolute atomic E-state index is 12.6. The highest BCUT2D eigenvalue weighted by molar-refractivity contribution is 7.13. The molecule has 0 fully saturated rings. The molecule has 76 valence electrons. The van der Waals surface area contributed by atoms with Crippen molar-refractivity contribution in [3.05, 3.63) is 47.2 Å².